The lowest BCUT2D eigenvalue weighted by Crippen LogP contribution is -2.27. The molecule has 7 heteroatoms. The van der Waals surface area contributed by atoms with Gasteiger partial charge < -0.3 is 4.74 Å². The Morgan fingerprint density at radius 3 is 2.37 bits per heavy atom. The Morgan fingerprint density at radius 2 is 1.63 bits per heavy atom. The Hall–Kier alpha value is -3.03. The van der Waals surface area contributed by atoms with Crippen molar-refractivity contribution in [1.82, 2.24) is 4.72 Å². The number of benzene rings is 3. The summed E-state index contributed by atoms with van der Waals surface area (Å²) < 4.78 is 32.3. The minimum Gasteiger partial charge on any atom is -0.457 e. The van der Waals surface area contributed by atoms with Crippen LogP contribution in [0.2, 0.25) is 0 Å². The zero-order valence-electron chi connectivity index (χ0n) is 16.8. The molecule has 6 nitrogen and oxygen atoms in total. The van der Waals surface area contributed by atoms with Gasteiger partial charge in [-0.1, -0.05) is 42.5 Å². The third kappa shape index (κ3) is 5.31. The number of aryl methyl sites for hydroxylation is 2. The van der Waals surface area contributed by atoms with E-state index in [1.807, 2.05) is 44.2 Å². The zero-order valence-corrected chi connectivity index (χ0v) is 17.7. The van der Waals surface area contributed by atoms with Gasteiger partial charge in [-0.2, -0.15) is 0 Å². The van der Waals surface area contributed by atoms with E-state index in [-0.39, 0.29) is 30.3 Å². The fourth-order valence-electron chi connectivity index (χ4n) is 2.92. The molecule has 3 aromatic rings. The molecular formula is C23H23NO5S. The largest absolute Gasteiger partial charge is 0.457 e. The summed E-state index contributed by atoms with van der Waals surface area (Å²) >= 11 is 0. The number of carbonyl (C=O) groups excluding carboxylic acids is 2. The first-order chi connectivity index (χ1) is 14.3. The molecule has 0 fully saturated rings. The third-order valence-electron chi connectivity index (χ3n) is 4.85. The van der Waals surface area contributed by atoms with Gasteiger partial charge >= 0.3 is 5.97 Å². The van der Waals surface area contributed by atoms with Crippen LogP contribution in [0.15, 0.2) is 65.6 Å². The predicted octanol–water partition coefficient (Wildman–Crippen LogP) is 3.55. The van der Waals surface area contributed by atoms with Crippen molar-refractivity contribution in [3.05, 3.63) is 77.4 Å². The number of carbonyl (C=O) groups is 2. The van der Waals surface area contributed by atoms with Crippen LogP contribution in [-0.2, 0) is 19.6 Å². The van der Waals surface area contributed by atoms with Gasteiger partial charge in [0, 0.05) is 12.1 Å². The molecule has 30 heavy (non-hydrogen) atoms. The van der Waals surface area contributed by atoms with Crippen molar-refractivity contribution in [2.45, 2.75) is 25.2 Å². The maximum atomic E-state index is 12.5. The SMILES string of the molecule is Cc1ccc(C(=O)COC(=O)CCNS(=O)(=O)c2ccc3ccccc3c2)cc1C. The fraction of sp³-hybridized carbons (Fsp3) is 0.217. The van der Waals surface area contributed by atoms with E-state index >= 15 is 0 Å². The molecule has 3 aromatic carbocycles. The van der Waals surface area contributed by atoms with E-state index in [1.54, 1.807) is 24.3 Å². The number of ketones is 1. The maximum Gasteiger partial charge on any atom is 0.307 e. The number of hydrogen-bond acceptors (Lipinski definition) is 5. The number of fused-ring (bicyclic) bond motifs is 1. The van der Waals surface area contributed by atoms with Crippen molar-refractivity contribution in [3.63, 3.8) is 0 Å². The summed E-state index contributed by atoms with van der Waals surface area (Å²) in [6, 6.07) is 17.6. The summed E-state index contributed by atoms with van der Waals surface area (Å²) in [6.45, 7) is 3.35. The first kappa shape index (κ1) is 21.7. The van der Waals surface area contributed by atoms with Crippen LogP contribution >= 0.6 is 0 Å². The molecule has 0 aliphatic carbocycles. The van der Waals surface area contributed by atoms with Gasteiger partial charge in [-0.05, 0) is 53.9 Å². The number of sulfonamides is 1. The van der Waals surface area contributed by atoms with Crippen molar-refractivity contribution >= 4 is 32.5 Å². The van der Waals surface area contributed by atoms with Gasteiger partial charge in [0.05, 0.1) is 11.3 Å². The van der Waals surface area contributed by atoms with Crippen molar-refractivity contribution in [2.24, 2.45) is 0 Å². The van der Waals surface area contributed by atoms with Crippen molar-refractivity contribution in [1.29, 1.82) is 0 Å². The monoisotopic (exact) mass is 425 g/mol. The molecule has 0 bridgehead atoms. The minimum absolute atomic E-state index is 0.119. The molecule has 0 heterocycles. The van der Waals surface area contributed by atoms with Gasteiger partial charge in [0.15, 0.2) is 12.4 Å². The average molecular weight is 426 g/mol. The lowest BCUT2D eigenvalue weighted by Gasteiger charge is -2.08. The Morgan fingerprint density at radius 1 is 0.900 bits per heavy atom. The van der Waals surface area contributed by atoms with Crippen LogP contribution in [0.25, 0.3) is 10.8 Å². The lowest BCUT2D eigenvalue weighted by atomic mass is 10.0. The molecule has 3 rings (SSSR count). The van der Waals surface area contributed by atoms with Gasteiger partial charge in [0.25, 0.3) is 0 Å². The van der Waals surface area contributed by atoms with Crippen LogP contribution < -0.4 is 4.72 Å². The van der Waals surface area contributed by atoms with Gasteiger partial charge in [0.1, 0.15) is 0 Å². The molecule has 0 spiro atoms. The van der Waals surface area contributed by atoms with Gasteiger partial charge in [-0.3, -0.25) is 9.59 Å². The second-order valence-electron chi connectivity index (χ2n) is 7.04. The Bertz CT molecular complexity index is 1200. The highest BCUT2D eigenvalue weighted by atomic mass is 32.2. The molecule has 0 saturated carbocycles. The summed E-state index contributed by atoms with van der Waals surface area (Å²) in [6.07, 6.45) is -0.174. The van der Waals surface area contributed by atoms with Gasteiger partial charge in [-0.25, -0.2) is 13.1 Å². The summed E-state index contributed by atoms with van der Waals surface area (Å²) in [7, 11) is -3.76. The quantitative estimate of drug-likeness (QED) is 0.440. The summed E-state index contributed by atoms with van der Waals surface area (Å²) in [5.74, 6) is -0.948. The highest BCUT2D eigenvalue weighted by molar-refractivity contribution is 7.89. The number of esters is 1. The van der Waals surface area contributed by atoms with E-state index in [0.29, 0.717) is 5.56 Å². The number of rotatable bonds is 8. The van der Waals surface area contributed by atoms with Crippen molar-refractivity contribution in [2.75, 3.05) is 13.2 Å². The van der Waals surface area contributed by atoms with Gasteiger partial charge in [0.2, 0.25) is 10.0 Å². The molecule has 0 atom stereocenters. The number of Topliss-reactive ketones (excluding diaryl/α,β-unsaturated/α-hetero) is 1. The van der Waals surface area contributed by atoms with E-state index in [9.17, 15) is 18.0 Å². The molecule has 1 N–H and O–H groups in total. The average Bonchev–Trinajstić information content (AvgIpc) is 2.73. The third-order valence-corrected chi connectivity index (χ3v) is 6.30. The number of nitrogens with one attached hydrogen (secondary N) is 1. The normalized spacial score (nSPS) is 11.4. The van der Waals surface area contributed by atoms with Gasteiger partial charge in [-0.15, -0.1) is 0 Å². The van der Waals surface area contributed by atoms with E-state index in [1.165, 1.54) is 6.07 Å². The smallest absolute Gasteiger partial charge is 0.307 e. The topological polar surface area (TPSA) is 89.5 Å². The second-order valence-corrected chi connectivity index (χ2v) is 8.81. The standard InChI is InChI=1S/C23H23NO5S/c1-16-7-8-20(13-17(16)2)22(25)15-29-23(26)11-12-24-30(27,28)21-10-9-18-5-3-4-6-19(18)14-21/h3-10,13-14,24H,11-12,15H2,1-2H3. The van der Waals surface area contributed by atoms with Crippen LogP contribution in [0.1, 0.15) is 27.9 Å². The highest BCUT2D eigenvalue weighted by Crippen LogP contribution is 2.18. The van der Waals surface area contributed by atoms with Crippen LogP contribution in [0.4, 0.5) is 0 Å². The van der Waals surface area contributed by atoms with Crippen LogP contribution in [0, 0.1) is 13.8 Å². The summed E-state index contributed by atoms with van der Waals surface area (Å²) in [5, 5.41) is 1.75. The van der Waals surface area contributed by atoms with E-state index in [4.69, 9.17) is 4.74 Å². The molecule has 0 aromatic heterocycles. The lowest BCUT2D eigenvalue weighted by molar-refractivity contribution is -0.142. The highest BCUT2D eigenvalue weighted by Gasteiger charge is 2.16. The molecular weight excluding hydrogens is 402 g/mol. The number of hydrogen-bond donors (Lipinski definition) is 1. The van der Waals surface area contributed by atoms with E-state index in [0.717, 1.165) is 21.9 Å². The summed E-state index contributed by atoms with van der Waals surface area (Å²) in [4.78, 5) is 24.2. The van der Waals surface area contributed by atoms with E-state index < -0.39 is 16.0 Å². The van der Waals surface area contributed by atoms with Crippen molar-refractivity contribution < 1.29 is 22.7 Å². The van der Waals surface area contributed by atoms with Crippen LogP contribution in [0.5, 0.6) is 0 Å². The molecule has 156 valence electrons. The molecule has 0 saturated heterocycles. The fourth-order valence-corrected chi connectivity index (χ4v) is 3.99. The maximum absolute atomic E-state index is 12.5. The Labute approximate surface area is 175 Å². The molecule has 0 amide bonds. The predicted molar refractivity (Wildman–Crippen MR) is 115 cm³/mol. The molecule has 0 aliphatic heterocycles. The van der Waals surface area contributed by atoms with Crippen LogP contribution in [0.3, 0.4) is 0 Å². The molecule has 0 radical (unpaired) electrons. The Kier molecular flexibility index (Phi) is 6.64. The molecule has 0 unspecified atom stereocenters. The zero-order chi connectivity index (χ0) is 21.7. The Balaban J connectivity index is 1.50. The van der Waals surface area contributed by atoms with Crippen LogP contribution in [-0.4, -0.2) is 33.3 Å². The molecule has 0 aliphatic rings. The first-order valence-electron chi connectivity index (χ1n) is 9.51. The second kappa shape index (κ2) is 9.19. The first-order valence-corrected chi connectivity index (χ1v) is 11.0. The van der Waals surface area contributed by atoms with Crippen molar-refractivity contribution in [3.8, 4) is 0 Å². The minimum atomic E-state index is -3.76. The summed E-state index contributed by atoms with van der Waals surface area (Å²) in [5.41, 5.74) is 2.53. The number of ether oxygens (including phenoxy) is 1. The van der Waals surface area contributed by atoms with E-state index in [2.05, 4.69) is 4.72 Å².